The second-order valence-corrected chi connectivity index (χ2v) is 6.05. The largest absolute Gasteiger partial charge is 0.310 e. The number of hydrogen-bond acceptors (Lipinski definition) is 2. The molecule has 0 unspecified atom stereocenters. The van der Waals surface area contributed by atoms with E-state index in [1.807, 2.05) is 20.8 Å². The van der Waals surface area contributed by atoms with Crippen LogP contribution >= 0.6 is 0 Å². The lowest BCUT2D eigenvalue weighted by Gasteiger charge is -2.19. The fourth-order valence-electron chi connectivity index (χ4n) is 2.01. The first-order valence-corrected chi connectivity index (χ1v) is 6.58. The number of H-pyrrole nitrogens is 1. The van der Waals surface area contributed by atoms with E-state index in [9.17, 15) is 9.18 Å². The Balaban J connectivity index is 2.77. The Morgan fingerprint density at radius 2 is 1.80 bits per heavy atom. The highest BCUT2D eigenvalue weighted by atomic mass is 19.1. The van der Waals surface area contributed by atoms with Crippen LogP contribution in [0.3, 0.4) is 0 Å². The van der Waals surface area contributed by atoms with E-state index in [1.165, 1.54) is 6.07 Å². The molecule has 0 fully saturated rings. The molecule has 20 heavy (non-hydrogen) atoms. The van der Waals surface area contributed by atoms with Gasteiger partial charge in [-0.3, -0.25) is 4.79 Å². The van der Waals surface area contributed by atoms with Crippen LogP contribution in [0, 0.1) is 19.7 Å². The average molecular weight is 274 g/mol. The van der Waals surface area contributed by atoms with Crippen LogP contribution in [0.1, 0.15) is 37.7 Å². The maximum absolute atomic E-state index is 13.7. The molecule has 2 rings (SSSR count). The third-order valence-electron chi connectivity index (χ3n) is 3.38. The molecule has 0 bridgehead atoms. The molecule has 1 aromatic carbocycles. The van der Waals surface area contributed by atoms with E-state index in [1.54, 1.807) is 26.0 Å². The van der Waals surface area contributed by atoms with Crippen molar-refractivity contribution in [2.45, 2.75) is 40.0 Å². The number of nitrogens with one attached hydrogen (secondary N) is 1. The first-order valence-electron chi connectivity index (χ1n) is 6.58. The van der Waals surface area contributed by atoms with Crippen molar-refractivity contribution in [2.75, 3.05) is 0 Å². The standard InChI is InChI=1S/C16H19FN2O/c1-9-11(7-6-8-12(9)17)13-10(2)14(20)19-15(18-13)16(3,4)5/h6-8H,1-5H3,(H,18,19,20). The Morgan fingerprint density at radius 1 is 1.15 bits per heavy atom. The summed E-state index contributed by atoms with van der Waals surface area (Å²) in [6.45, 7) is 9.33. The summed E-state index contributed by atoms with van der Waals surface area (Å²) in [7, 11) is 0. The monoisotopic (exact) mass is 274 g/mol. The topological polar surface area (TPSA) is 45.8 Å². The molecule has 0 amide bonds. The summed E-state index contributed by atoms with van der Waals surface area (Å²) >= 11 is 0. The second kappa shape index (κ2) is 4.85. The van der Waals surface area contributed by atoms with Crippen molar-refractivity contribution in [1.29, 1.82) is 0 Å². The minimum Gasteiger partial charge on any atom is -0.310 e. The maximum atomic E-state index is 13.7. The summed E-state index contributed by atoms with van der Waals surface area (Å²) in [6.07, 6.45) is 0. The normalized spacial score (nSPS) is 11.7. The Kier molecular flexibility index (Phi) is 3.50. The van der Waals surface area contributed by atoms with Crippen LogP contribution in [0.25, 0.3) is 11.3 Å². The molecule has 1 aromatic heterocycles. The van der Waals surface area contributed by atoms with Gasteiger partial charge in [-0.05, 0) is 25.5 Å². The smallest absolute Gasteiger partial charge is 0.254 e. The molecule has 4 heteroatoms. The summed E-state index contributed by atoms with van der Waals surface area (Å²) < 4.78 is 13.7. The van der Waals surface area contributed by atoms with Gasteiger partial charge in [-0.1, -0.05) is 32.9 Å². The fraction of sp³-hybridized carbons (Fsp3) is 0.375. The summed E-state index contributed by atoms with van der Waals surface area (Å²) in [4.78, 5) is 19.4. The van der Waals surface area contributed by atoms with Crippen LogP contribution in [0.5, 0.6) is 0 Å². The number of halogens is 1. The van der Waals surface area contributed by atoms with Crippen molar-refractivity contribution in [3.63, 3.8) is 0 Å². The second-order valence-electron chi connectivity index (χ2n) is 6.05. The van der Waals surface area contributed by atoms with E-state index < -0.39 is 0 Å². The zero-order valence-electron chi connectivity index (χ0n) is 12.5. The quantitative estimate of drug-likeness (QED) is 0.865. The van der Waals surface area contributed by atoms with Crippen LogP contribution in [0.15, 0.2) is 23.0 Å². The number of hydrogen-bond donors (Lipinski definition) is 1. The van der Waals surface area contributed by atoms with E-state index in [-0.39, 0.29) is 16.8 Å². The number of benzene rings is 1. The molecule has 1 heterocycles. The predicted molar refractivity (Wildman–Crippen MR) is 78.4 cm³/mol. The molecule has 2 aromatic rings. The van der Waals surface area contributed by atoms with Crippen molar-refractivity contribution in [3.8, 4) is 11.3 Å². The van der Waals surface area contributed by atoms with Crippen molar-refractivity contribution < 1.29 is 4.39 Å². The van der Waals surface area contributed by atoms with Crippen LogP contribution < -0.4 is 5.56 Å². The lowest BCUT2D eigenvalue weighted by molar-refractivity contribution is 0.542. The lowest BCUT2D eigenvalue weighted by Crippen LogP contribution is -2.24. The van der Waals surface area contributed by atoms with Crippen LogP contribution in [0.4, 0.5) is 4.39 Å². The number of rotatable bonds is 1. The molecule has 0 aliphatic rings. The molecule has 0 aliphatic carbocycles. The Labute approximate surface area is 117 Å². The van der Waals surface area contributed by atoms with Gasteiger partial charge in [0.25, 0.3) is 5.56 Å². The van der Waals surface area contributed by atoms with Gasteiger partial charge in [-0.2, -0.15) is 0 Å². The zero-order chi connectivity index (χ0) is 15.1. The number of aromatic amines is 1. The van der Waals surface area contributed by atoms with Gasteiger partial charge in [0, 0.05) is 16.5 Å². The average Bonchev–Trinajstić information content (AvgIpc) is 2.35. The zero-order valence-corrected chi connectivity index (χ0v) is 12.5. The fourth-order valence-corrected chi connectivity index (χ4v) is 2.01. The minimum absolute atomic E-state index is 0.177. The van der Waals surface area contributed by atoms with Gasteiger partial charge >= 0.3 is 0 Å². The van der Waals surface area contributed by atoms with E-state index in [0.29, 0.717) is 28.2 Å². The molecule has 0 radical (unpaired) electrons. The molecule has 0 saturated carbocycles. The summed E-state index contributed by atoms with van der Waals surface area (Å²) in [5, 5.41) is 0. The molecule has 0 spiro atoms. The highest BCUT2D eigenvalue weighted by Crippen LogP contribution is 2.27. The number of aromatic nitrogens is 2. The van der Waals surface area contributed by atoms with E-state index >= 15 is 0 Å². The van der Waals surface area contributed by atoms with Crippen molar-refractivity contribution in [2.24, 2.45) is 0 Å². The number of nitrogens with zero attached hydrogens (tertiary/aromatic N) is 1. The summed E-state index contributed by atoms with van der Waals surface area (Å²) in [6, 6.07) is 4.84. The van der Waals surface area contributed by atoms with Gasteiger partial charge in [-0.25, -0.2) is 9.37 Å². The highest BCUT2D eigenvalue weighted by molar-refractivity contribution is 5.66. The van der Waals surface area contributed by atoms with Gasteiger partial charge in [0.05, 0.1) is 5.69 Å². The molecule has 3 nitrogen and oxygen atoms in total. The molecule has 0 atom stereocenters. The lowest BCUT2D eigenvalue weighted by atomic mass is 9.94. The third kappa shape index (κ3) is 2.50. The Bertz CT molecular complexity index is 711. The molecule has 1 N–H and O–H groups in total. The molecule has 0 aliphatic heterocycles. The summed E-state index contributed by atoms with van der Waals surface area (Å²) in [5.74, 6) is 0.313. The van der Waals surface area contributed by atoms with Gasteiger partial charge in [0.15, 0.2) is 0 Å². The highest BCUT2D eigenvalue weighted by Gasteiger charge is 2.20. The van der Waals surface area contributed by atoms with Crippen molar-refractivity contribution in [3.05, 3.63) is 51.3 Å². The van der Waals surface area contributed by atoms with Crippen LogP contribution in [-0.2, 0) is 5.41 Å². The van der Waals surface area contributed by atoms with E-state index in [4.69, 9.17) is 0 Å². The first kappa shape index (κ1) is 14.4. The van der Waals surface area contributed by atoms with E-state index in [2.05, 4.69) is 9.97 Å². The maximum Gasteiger partial charge on any atom is 0.254 e. The van der Waals surface area contributed by atoms with Gasteiger partial charge in [0.1, 0.15) is 11.6 Å². The van der Waals surface area contributed by atoms with Crippen LogP contribution in [-0.4, -0.2) is 9.97 Å². The SMILES string of the molecule is Cc1c(F)cccc1-c1nc(C(C)(C)C)[nH]c(=O)c1C. The molecule has 106 valence electrons. The first-order chi connectivity index (χ1) is 9.21. The Hall–Kier alpha value is -1.97. The van der Waals surface area contributed by atoms with Crippen LogP contribution in [0.2, 0.25) is 0 Å². The van der Waals surface area contributed by atoms with E-state index in [0.717, 1.165) is 0 Å². The predicted octanol–water partition coefficient (Wildman–Crippen LogP) is 3.49. The molecular formula is C16H19FN2O. The van der Waals surface area contributed by atoms with Gasteiger partial charge < -0.3 is 4.98 Å². The minimum atomic E-state index is -0.290. The van der Waals surface area contributed by atoms with Crippen molar-refractivity contribution in [1.82, 2.24) is 9.97 Å². The molecule has 0 saturated heterocycles. The summed E-state index contributed by atoms with van der Waals surface area (Å²) in [5.41, 5.74) is 1.78. The Morgan fingerprint density at radius 3 is 2.40 bits per heavy atom. The molecular weight excluding hydrogens is 255 g/mol. The van der Waals surface area contributed by atoms with Crippen molar-refractivity contribution >= 4 is 0 Å². The van der Waals surface area contributed by atoms with Gasteiger partial charge in [-0.15, -0.1) is 0 Å². The third-order valence-corrected chi connectivity index (χ3v) is 3.38. The van der Waals surface area contributed by atoms with Gasteiger partial charge in [0.2, 0.25) is 0 Å².